The van der Waals surface area contributed by atoms with Crippen LogP contribution in [-0.4, -0.2) is 26.3 Å². The zero-order valence-corrected chi connectivity index (χ0v) is 13.8. The van der Waals surface area contributed by atoms with Gasteiger partial charge < -0.3 is 20.2 Å². The molecule has 0 aliphatic rings. The Hall–Kier alpha value is -3.68. The molecular weight excluding hydrogens is 334 g/mol. The number of benzene rings is 1. The molecule has 2 amide bonds. The van der Waals surface area contributed by atoms with Gasteiger partial charge in [0.05, 0.1) is 6.33 Å². The zero-order valence-electron chi connectivity index (χ0n) is 13.8. The molecule has 0 radical (unpaired) electrons. The number of carbonyl (C=O) groups excluding carboxylic acids is 2. The van der Waals surface area contributed by atoms with E-state index in [9.17, 15) is 14.4 Å². The Morgan fingerprint density at radius 3 is 2.85 bits per heavy atom. The fourth-order valence-electron chi connectivity index (χ4n) is 2.32. The number of amides is 2. The number of aromatic nitrogens is 3. The molecular formula is C18H17N5O3. The molecule has 3 aromatic rings. The maximum atomic E-state index is 12.3. The second kappa shape index (κ2) is 7.93. The molecule has 0 saturated carbocycles. The molecule has 0 aliphatic carbocycles. The summed E-state index contributed by atoms with van der Waals surface area (Å²) >= 11 is 0. The van der Waals surface area contributed by atoms with Gasteiger partial charge in [0.2, 0.25) is 11.3 Å². The lowest BCUT2D eigenvalue weighted by molar-refractivity contribution is -0.116. The third-order valence-electron chi connectivity index (χ3n) is 3.64. The standard InChI is InChI=1S/C18H17N5O3/c24-16-4-6-19-11-15(16)22-18(26)13-2-1-3-14(10-13)21-17(25)5-8-23-9-7-20-12-23/h1-4,6-7,9-12H,5,8H2,(H,19,24)(H,21,25)(H,22,26). The first kappa shape index (κ1) is 17.2. The van der Waals surface area contributed by atoms with Crippen molar-refractivity contribution in [3.05, 3.63) is 77.2 Å². The van der Waals surface area contributed by atoms with Gasteiger partial charge in [0, 0.05) is 55.1 Å². The van der Waals surface area contributed by atoms with E-state index in [1.165, 1.54) is 18.5 Å². The first-order chi connectivity index (χ1) is 12.6. The van der Waals surface area contributed by atoms with Crippen LogP contribution < -0.4 is 16.1 Å². The Morgan fingerprint density at radius 2 is 2.08 bits per heavy atom. The number of H-pyrrole nitrogens is 1. The number of aromatic amines is 1. The van der Waals surface area contributed by atoms with E-state index in [0.717, 1.165) is 0 Å². The topological polar surface area (TPSA) is 109 Å². The molecule has 0 saturated heterocycles. The molecule has 0 spiro atoms. The number of aryl methyl sites for hydroxylation is 1. The van der Waals surface area contributed by atoms with Gasteiger partial charge in [-0.25, -0.2) is 4.98 Å². The average molecular weight is 351 g/mol. The van der Waals surface area contributed by atoms with Gasteiger partial charge in [-0.1, -0.05) is 6.07 Å². The van der Waals surface area contributed by atoms with E-state index in [2.05, 4.69) is 20.6 Å². The van der Waals surface area contributed by atoms with Crippen LogP contribution in [0.1, 0.15) is 16.8 Å². The van der Waals surface area contributed by atoms with E-state index in [-0.39, 0.29) is 23.4 Å². The zero-order chi connectivity index (χ0) is 18.4. The van der Waals surface area contributed by atoms with Gasteiger partial charge in [-0.2, -0.15) is 0 Å². The summed E-state index contributed by atoms with van der Waals surface area (Å²) in [5.41, 5.74) is 0.712. The van der Waals surface area contributed by atoms with Crippen LogP contribution in [0.5, 0.6) is 0 Å². The fourth-order valence-corrected chi connectivity index (χ4v) is 2.32. The molecule has 2 heterocycles. The molecule has 0 atom stereocenters. The van der Waals surface area contributed by atoms with Gasteiger partial charge in [0.1, 0.15) is 5.69 Å². The van der Waals surface area contributed by atoms with Gasteiger partial charge >= 0.3 is 0 Å². The molecule has 8 heteroatoms. The summed E-state index contributed by atoms with van der Waals surface area (Å²) in [5, 5.41) is 5.30. The molecule has 132 valence electrons. The highest BCUT2D eigenvalue weighted by Crippen LogP contribution is 2.12. The van der Waals surface area contributed by atoms with Crippen molar-refractivity contribution < 1.29 is 9.59 Å². The summed E-state index contributed by atoms with van der Waals surface area (Å²) in [6, 6.07) is 7.85. The highest BCUT2D eigenvalue weighted by Gasteiger charge is 2.10. The molecule has 8 nitrogen and oxygen atoms in total. The molecule has 0 unspecified atom stereocenters. The number of carbonyl (C=O) groups is 2. The van der Waals surface area contributed by atoms with E-state index in [0.29, 0.717) is 17.8 Å². The quantitative estimate of drug-likeness (QED) is 0.630. The number of rotatable bonds is 6. The molecule has 2 aromatic heterocycles. The Labute approximate surface area is 148 Å². The summed E-state index contributed by atoms with van der Waals surface area (Å²) in [7, 11) is 0. The minimum atomic E-state index is -0.434. The summed E-state index contributed by atoms with van der Waals surface area (Å²) in [5.74, 6) is -0.605. The van der Waals surface area contributed by atoms with Gasteiger partial charge in [-0.3, -0.25) is 14.4 Å². The largest absolute Gasteiger partial charge is 0.366 e. The first-order valence-electron chi connectivity index (χ1n) is 7.96. The number of imidazole rings is 1. The minimum Gasteiger partial charge on any atom is -0.366 e. The lowest BCUT2D eigenvalue weighted by atomic mass is 10.2. The smallest absolute Gasteiger partial charge is 0.255 e. The monoisotopic (exact) mass is 351 g/mol. The Balaban J connectivity index is 1.62. The van der Waals surface area contributed by atoms with Gasteiger partial charge in [-0.05, 0) is 18.2 Å². The maximum absolute atomic E-state index is 12.3. The summed E-state index contributed by atoms with van der Waals surface area (Å²) in [4.78, 5) is 42.7. The summed E-state index contributed by atoms with van der Waals surface area (Å²) < 4.78 is 1.81. The van der Waals surface area contributed by atoms with E-state index >= 15 is 0 Å². The molecule has 0 bridgehead atoms. The van der Waals surface area contributed by atoms with Crippen LogP contribution in [0.2, 0.25) is 0 Å². The van der Waals surface area contributed by atoms with E-state index in [4.69, 9.17) is 0 Å². The minimum absolute atomic E-state index is 0.160. The maximum Gasteiger partial charge on any atom is 0.255 e. The van der Waals surface area contributed by atoms with Crippen LogP contribution in [0.3, 0.4) is 0 Å². The van der Waals surface area contributed by atoms with Gasteiger partial charge in [-0.15, -0.1) is 0 Å². The van der Waals surface area contributed by atoms with Crippen LogP contribution in [0, 0.1) is 0 Å². The predicted octanol–water partition coefficient (Wildman–Crippen LogP) is 1.85. The van der Waals surface area contributed by atoms with Crippen LogP contribution >= 0.6 is 0 Å². The van der Waals surface area contributed by atoms with Crippen LogP contribution in [0.15, 0.2) is 66.2 Å². The number of hydrogen-bond donors (Lipinski definition) is 3. The third-order valence-corrected chi connectivity index (χ3v) is 3.64. The van der Waals surface area contributed by atoms with E-state index < -0.39 is 5.91 Å². The number of hydrogen-bond acceptors (Lipinski definition) is 4. The van der Waals surface area contributed by atoms with Crippen molar-refractivity contribution in [2.75, 3.05) is 10.6 Å². The van der Waals surface area contributed by atoms with Crippen LogP contribution in [0.25, 0.3) is 0 Å². The average Bonchev–Trinajstić information content (AvgIpc) is 3.16. The van der Waals surface area contributed by atoms with E-state index in [1.54, 1.807) is 47.6 Å². The molecule has 3 N–H and O–H groups in total. The SMILES string of the molecule is O=C(CCn1ccnc1)Nc1cccc(C(=O)Nc2c[nH]ccc2=O)c1. The molecule has 0 aliphatic heterocycles. The summed E-state index contributed by atoms with van der Waals surface area (Å²) in [6.07, 6.45) is 8.26. The van der Waals surface area contributed by atoms with Crippen LogP contribution in [0.4, 0.5) is 11.4 Å². The normalized spacial score (nSPS) is 10.3. The predicted molar refractivity (Wildman–Crippen MR) is 96.9 cm³/mol. The van der Waals surface area contributed by atoms with Gasteiger partial charge in [0.15, 0.2) is 0 Å². The third kappa shape index (κ3) is 4.44. The highest BCUT2D eigenvalue weighted by atomic mass is 16.2. The van der Waals surface area contributed by atoms with Crippen molar-refractivity contribution in [3.63, 3.8) is 0 Å². The molecule has 3 rings (SSSR count). The number of nitrogens with zero attached hydrogens (tertiary/aromatic N) is 2. The molecule has 1 aromatic carbocycles. The number of pyridine rings is 1. The Bertz CT molecular complexity index is 963. The second-order valence-electron chi connectivity index (χ2n) is 5.56. The lowest BCUT2D eigenvalue weighted by Gasteiger charge is -2.08. The van der Waals surface area contributed by atoms with Crippen molar-refractivity contribution in [2.45, 2.75) is 13.0 Å². The summed E-state index contributed by atoms with van der Waals surface area (Å²) in [6.45, 7) is 0.517. The van der Waals surface area contributed by atoms with Crippen LogP contribution in [-0.2, 0) is 11.3 Å². The molecule has 26 heavy (non-hydrogen) atoms. The van der Waals surface area contributed by atoms with Crippen molar-refractivity contribution in [2.24, 2.45) is 0 Å². The molecule has 0 fully saturated rings. The van der Waals surface area contributed by atoms with E-state index in [1.807, 2.05) is 0 Å². The van der Waals surface area contributed by atoms with Crippen molar-refractivity contribution in [3.8, 4) is 0 Å². The fraction of sp³-hybridized carbons (Fsp3) is 0.111. The Kier molecular flexibility index (Phi) is 5.23. The van der Waals surface area contributed by atoms with Crippen molar-refractivity contribution in [1.82, 2.24) is 14.5 Å². The second-order valence-corrected chi connectivity index (χ2v) is 5.56. The first-order valence-corrected chi connectivity index (χ1v) is 7.96. The lowest BCUT2D eigenvalue weighted by Crippen LogP contribution is -2.18. The van der Waals surface area contributed by atoms with Gasteiger partial charge in [0.25, 0.3) is 5.91 Å². The number of anilines is 2. The Morgan fingerprint density at radius 1 is 1.19 bits per heavy atom. The van der Waals surface area contributed by atoms with Crippen molar-refractivity contribution >= 4 is 23.2 Å². The number of nitrogens with one attached hydrogen (secondary N) is 3. The highest BCUT2D eigenvalue weighted by molar-refractivity contribution is 6.05. The van der Waals surface area contributed by atoms with Crippen molar-refractivity contribution in [1.29, 1.82) is 0 Å².